The lowest BCUT2D eigenvalue weighted by Gasteiger charge is -2.03. The third-order valence-corrected chi connectivity index (χ3v) is 1.78. The molecule has 0 heterocycles. The molecule has 1 aromatic carbocycles. The lowest BCUT2D eigenvalue weighted by atomic mass is 10.1. The third kappa shape index (κ3) is 2.10. The van der Waals surface area contributed by atoms with Crippen molar-refractivity contribution >= 4 is 11.9 Å². The number of nitrogens with two attached hydrogens (primary N) is 1. The van der Waals surface area contributed by atoms with Crippen molar-refractivity contribution in [3.63, 3.8) is 0 Å². The molecule has 0 aliphatic carbocycles. The van der Waals surface area contributed by atoms with Gasteiger partial charge in [-0.3, -0.25) is 4.79 Å². The van der Waals surface area contributed by atoms with Gasteiger partial charge in [-0.2, -0.15) is 0 Å². The Morgan fingerprint density at radius 2 is 1.79 bits per heavy atom. The van der Waals surface area contributed by atoms with Crippen molar-refractivity contribution in [3.05, 3.63) is 34.9 Å². The van der Waals surface area contributed by atoms with E-state index in [0.717, 1.165) is 5.56 Å². The summed E-state index contributed by atoms with van der Waals surface area (Å²) in [6, 6.07) is 4.67. The topological polar surface area (TPSA) is 69.4 Å². The van der Waals surface area contributed by atoms with Gasteiger partial charge in [-0.25, -0.2) is 4.79 Å². The summed E-state index contributed by atoms with van der Waals surface area (Å²) in [7, 11) is 1.29. The van der Waals surface area contributed by atoms with Gasteiger partial charge >= 0.3 is 5.97 Å². The number of amides is 1. The van der Waals surface area contributed by atoms with E-state index in [2.05, 4.69) is 4.74 Å². The monoisotopic (exact) mass is 193 g/mol. The number of ether oxygens (including phenoxy) is 1. The van der Waals surface area contributed by atoms with Gasteiger partial charge in [0, 0.05) is 5.56 Å². The van der Waals surface area contributed by atoms with Crippen molar-refractivity contribution in [2.75, 3.05) is 7.11 Å². The number of carbonyl (C=O) groups is 2. The van der Waals surface area contributed by atoms with Crippen LogP contribution < -0.4 is 5.73 Å². The van der Waals surface area contributed by atoms with E-state index in [9.17, 15) is 9.59 Å². The molecule has 0 saturated carbocycles. The molecule has 0 atom stereocenters. The quantitative estimate of drug-likeness (QED) is 0.709. The molecule has 1 aromatic rings. The molecule has 0 aliphatic heterocycles. The molecule has 74 valence electrons. The third-order valence-electron chi connectivity index (χ3n) is 1.78. The summed E-state index contributed by atoms with van der Waals surface area (Å²) in [5, 5.41) is 0. The molecule has 0 unspecified atom stereocenters. The van der Waals surface area contributed by atoms with Crippen molar-refractivity contribution in [1.82, 2.24) is 0 Å². The van der Waals surface area contributed by atoms with E-state index in [1.54, 1.807) is 19.1 Å². The van der Waals surface area contributed by atoms with Crippen LogP contribution in [-0.2, 0) is 4.74 Å². The highest BCUT2D eigenvalue weighted by atomic mass is 16.5. The molecule has 0 bridgehead atoms. The van der Waals surface area contributed by atoms with E-state index in [1.165, 1.54) is 13.2 Å². The van der Waals surface area contributed by atoms with Gasteiger partial charge < -0.3 is 10.5 Å². The molecule has 1 amide bonds. The summed E-state index contributed by atoms with van der Waals surface area (Å²) < 4.78 is 4.53. The number of hydrogen-bond donors (Lipinski definition) is 1. The summed E-state index contributed by atoms with van der Waals surface area (Å²) >= 11 is 0. The van der Waals surface area contributed by atoms with Crippen LogP contribution in [0.3, 0.4) is 0 Å². The van der Waals surface area contributed by atoms with Crippen molar-refractivity contribution in [2.24, 2.45) is 5.73 Å². The van der Waals surface area contributed by atoms with Crippen molar-refractivity contribution < 1.29 is 14.3 Å². The lowest BCUT2D eigenvalue weighted by molar-refractivity contribution is 0.0600. The largest absolute Gasteiger partial charge is 0.465 e. The molecule has 0 saturated heterocycles. The maximum Gasteiger partial charge on any atom is 0.337 e. The van der Waals surface area contributed by atoms with Gasteiger partial charge in [0.25, 0.3) is 0 Å². The molecule has 14 heavy (non-hydrogen) atoms. The molecule has 0 aliphatic rings. The van der Waals surface area contributed by atoms with Crippen LogP contribution in [0.25, 0.3) is 0 Å². The number of hydrogen-bond acceptors (Lipinski definition) is 3. The first-order chi connectivity index (χ1) is 6.54. The van der Waals surface area contributed by atoms with Crippen LogP contribution in [0.15, 0.2) is 18.2 Å². The second-order valence-corrected chi connectivity index (χ2v) is 2.94. The minimum Gasteiger partial charge on any atom is -0.465 e. The maximum absolute atomic E-state index is 11.2. The van der Waals surface area contributed by atoms with Crippen molar-refractivity contribution in [2.45, 2.75) is 6.92 Å². The average Bonchev–Trinajstić information content (AvgIpc) is 2.15. The van der Waals surface area contributed by atoms with Crippen LogP contribution in [0.5, 0.6) is 0 Å². The Balaban J connectivity index is 3.20. The zero-order chi connectivity index (χ0) is 10.7. The highest BCUT2D eigenvalue weighted by molar-refractivity contribution is 5.97. The van der Waals surface area contributed by atoms with E-state index >= 15 is 0 Å². The van der Waals surface area contributed by atoms with Gasteiger partial charge in [0.05, 0.1) is 12.7 Å². The minimum absolute atomic E-state index is 0.311. The van der Waals surface area contributed by atoms with Crippen LogP contribution in [0.4, 0.5) is 0 Å². The number of aryl methyl sites for hydroxylation is 1. The Kier molecular flexibility index (Phi) is 2.86. The van der Waals surface area contributed by atoms with Gasteiger partial charge in [-0.05, 0) is 30.7 Å². The molecule has 2 N–H and O–H groups in total. The Labute approximate surface area is 81.7 Å². The van der Waals surface area contributed by atoms with E-state index in [4.69, 9.17) is 5.73 Å². The van der Waals surface area contributed by atoms with Crippen LogP contribution >= 0.6 is 0 Å². The molecule has 4 heteroatoms. The van der Waals surface area contributed by atoms with Crippen molar-refractivity contribution in [1.29, 1.82) is 0 Å². The molecule has 0 fully saturated rings. The summed E-state index contributed by atoms with van der Waals surface area (Å²) in [5.74, 6) is -1.03. The SMILES string of the molecule is COC(=O)c1cc(C)cc(C(N)=O)c1. The maximum atomic E-state index is 11.2. The number of rotatable bonds is 2. The van der Waals surface area contributed by atoms with Gasteiger partial charge in [-0.1, -0.05) is 0 Å². The predicted molar refractivity (Wildman–Crippen MR) is 51.0 cm³/mol. The zero-order valence-corrected chi connectivity index (χ0v) is 8.03. The minimum atomic E-state index is -0.557. The summed E-state index contributed by atoms with van der Waals surface area (Å²) in [4.78, 5) is 22.1. The summed E-state index contributed by atoms with van der Waals surface area (Å²) in [6.07, 6.45) is 0. The Morgan fingerprint density at radius 3 is 2.29 bits per heavy atom. The standard InChI is InChI=1S/C10H11NO3/c1-6-3-7(9(11)12)5-8(4-6)10(13)14-2/h3-5H,1-2H3,(H2,11,12). The van der Waals surface area contributed by atoms with Gasteiger partial charge in [0.15, 0.2) is 0 Å². The number of carbonyl (C=O) groups excluding carboxylic acids is 2. The Bertz CT molecular complexity index is 385. The number of primary amides is 1. The fraction of sp³-hybridized carbons (Fsp3) is 0.200. The normalized spacial score (nSPS) is 9.57. The zero-order valence-electron chi connectivity index (χ0n) is 8.03. The van der Waals surface area contributed by atoms with Crippen molar-refractivity contribution in [3.8, 4) is 0 Å². The fourth-order valence-corrected chi connectivity index (χ4v) is 1.16. The van der Waals surface area contributed by atoms with Crippen LogP contribution in [-0.4, -0.2) is 19.0 Å². The van der Waals surface area contributed by atoms with E-state index in [1.807, 2.05) is 0 Å². The fourth-order valence-electron chi connectivity index (χ4n) is 1.16. The molecule has 0 radical (unpaired) electrons. The second kappa shape index (κ2) is 3.91. The molecular weight excluding hydrogens is 182 g/mol. The molecular formula is C10H11NO3. The highest BCUT2D eigenvalue weighted by Gasteiger charge is 2.09. The Morgan fingerprint density at radius 1 is 1.21 bits per heavy atom. The number of methoxy groups -OCH3 is 1. The summed E-state index contributed by atoms with van der Waals surface area (Å²) in [6.45, 7) is 1.78. The average molecular weight is 193 g/mol. The molecule has 0 spiro atoms. The molecule has 0 aromatic heterocycles. The lowest BCUT2D eigenvalue weighted by Crippen LogP contribution is -2.13. The van der Waals surface area contributed by atoms with Gasteiger partial charge in [0.1, 0.15) is 0 Å². The smallest absolute Gasteiger partial charge is 0.337 e. The van der Waals surface area contributed by atoms with E-state index in [-0.39, 0.29) is 0 Å². The Hall–Kier alpha value is -1.84. The predicted octanol–water partition coefficient (Wildman–Crippen LogP) is 0.881. The molecule has 1 rings (SSSR count). The van der Waals surface area contributed by atoms with Gasteiger partial charge in [-0.15, -0.1) is 0 Å². The number of benzene rings is 1. The van der Waals surface area contributed by atoms with Crippen LogP contribution in [0.2, 0.25) is 0 Å². The van der Waals surface area contributed by atoms with E-state index < -0.39 is 11.9 Å². The molecule has 4 nitrogen and oxygen atoms in total. The second-order valence-electron chi connectivity index (χ2n) is 2.94. The van der Waals surface area contributed by atoms with Crippen LogP contribution in [0, 0.1) is 6.92 Å². The van der Waals surface area contributed by atoms with Gasteiger partial charge in [0.2, 0.25) is 5.91 Å². The first-order valence-electron chi connectivity index (χ1n) is 4.04. The highest BCUT2D eigenvalue weighted by Crippen LogP contribution is 2.10. The first kappa shape index (κ1) is 10.2. The van der Waals surface area contributed by atoms with E-state index in [0.29, 0.717) is 11.1 Å². The summed E-state index contributed by atoms with van der Waals surface area (Å²) in [5.41, 5.74) is 6.54. The number of esters is 1. The van der Waals surface area contributed by atoms with Crippen LogP contribution in [0.1, 0.15) is 26.3 Å². The first-order valence-corrected chi connectivity index (χ1v) is 4.04.